The topological polar surface area (TPSA) is 49.4 Å². The minimum Gasteiger partial charge on any atom is -0.295 e. The van der Waals surface area contributed by atoms with E-state index in [-0.39, 0.29) is 12.6 Å². The van der Waals surface area contributed by atoms with E-state index in [2.05, 4.69) is 21.8 Å². The van der Waals surface area contributed by atoms with E-state index in [1.807, 2.05) is 19.1 Å². The van der Waals surface area contributed by atoms with Crippen molar-refractivity contribution in [3.63, 3.8) is 0 Å². The lowest BCUT2D eigenvalue weighted by Gasteiger charge is -2.33. The van der Waals surface area contributed by atoms with E-state index in [4.69, 9.17) is 0 Å². The lowest BCUT2D eigenvalue weighted by Crippen LogP contribution is -2.44. The highest BCUT2D eigenvalue weighted by molar-refractivity contribution is 7.89. The molecule has 7 heteroatoms. The SMILES string of the molecule is C[C@@H](CNS(=O)(=O)c1c(F)cccc1F)N1CCc2ccccc2C1. The first-order valence-corrected chi connectivity index (χ1v) is 9.61. The van der Waals surface area contributed by atoms with Crippen LogP contribution in [0.25, 0.3) is 0 Å². The Bertz CT molecular complexity index is 851. The molecular formula is C18H20F2N2O2S. The standard InChI is InChI=1S/C18H20F2N2O2S/c1-13(22-10-9-14-5-2-3-6-15(14)12-22)11-21-25(23,24)18-16(19)7-4-8-17(18)20/h2-8,13,21H,9-12H2,1H3/t13-/m0/s1. The Labute approximate surface area is 146 Å². The van der Waals surface area contributed by atoms with Crippen molar-refractivity contribution in [2.45, 2.75) is 30.8 Å². The number of hydrogen-bond donors (Lipinski definition) is 1. The number of nitrogens with zero attached hydrogens (tertiary/aromatic N) is 1. The largest absolute Gasteiger partial charge is 0.295 e. The fourth-order valence-corrected chi connectivity index (χ4v) is 4.32. The number of hydrogen-bond acceptors (Lipinski definition) is 3. The molecule has 4 nitrogen and oxygen atoms in total. The highest BCUT2D eigenvalue weighted by Crippen LogP contribution is 2.21. The van der Waals surface area contributed by atoms with Crippen molar-refractivity contribution in [1.82, 2.24) is 9.62 Å². The average Bonchev–Trinajstić information content (AvgIpc) is 2.59. The Hall–Kier alpha value is -1.83. The first kappa shape index (κ1) is 18.0. The molecule has 1 heterocycles. The fraction of sp³-hybridized carbons (Fsp3) is 0.333. The molecule has 134 valence electrons. The summed E-state index contributed by atoms with van der Waals surface area (Å²) in [4.78, 5) is 1.23. The summed E-state index contributed by atoms with van der Waals surface area (Å²) in [6.45, 7) is 3.52. The van der Waals surface area contributed by atoms with Gasteiger partial charge < -0.3 is 0 Å². The van der Waals surface area contributed by atoms with Gasteiger partial charge in [-0.15, -0.1) is 0 Å². The van der Waals surface area contributed by atoms with Gasteiger partial charge in [0.05, 0.1) is 0 Å². The zero-order valence-corrected chi connectivity index (χ0v) is 14.7. The van der Waals surface area contributed by atoms with E-state index in [1.54, 1.807) is 0 Å². The molecule has 0 bridgehead atoms. The Morgan fingerprint density at radius 3 is 2.40 bits per heavy atom. The number of nitrogens with one attached hydrogen (secondary N) is 1. The second kappa shape index (κ2) is 7.19. The number of fused-ring (bicyclic) bond motifs is 1. The first-order valence-electron chi connectivity index (χ1n) is 8.13. The number of halogens is 2. The van der Waals surface area contributed by atoms with Crippen LogP contribution < -0.4 is 4.72 Å². The summed E-state index contributed by atoms with van der Waals surface area (Å²) in [5, 5.41) is 0. The molecule has 0 saturated carbocycles. The summed E-state index contributed by atoms with van der Waals surface area (Å²) in [5.41, 5.74) is 2.53. The van der Waals surface area contributed by atoms with Crippen LogP contribution in [0.15, 0.2) is 47.4 Å². The molecule has 1 atom stereocenters. The van der Waals surface area contributed by atoms with Gasteiger partial charge in [-0.1, -0.05) is 30.3 Å². The van der Waals surface area contributed by atoms with Crippen LogP contribution in [0.3, 0.4) is 0 Å². The minimum absolute atomic E-state index is 0.0816. The van der Waals surface area contributed by atoms with Gasteiger partial charge in [-0.2, -0.15) is 0 Å². The van der Waals surface area contributed by atoms with E-state index in [1.165, 1.54) is 11.1 Å². The average molecular weight is 366 g/mol. The molecular weight excluding hydrogens is 346 g/mol. The van der Waals surface area contributed by atoms with Gasteiger partial charge >= 0.3 is 0 Å². The van der Waals surface area contributed by atoms with Gasteiger partial charge in [0, 0.05) is 25.7 Å². The van der Waals surface area contributed by atoms with Crippen LogP contribution in [-0.2, 0) is 23.0 Å². The van der Waals surface area contributed by atoms with Crippen molar-refractivity contribution < 1.29 is 17.2 Å². The minimum atomic E-state index is -4.24. The maximum Gasteiger partial charge on any atom is 0.246 e. The molecule has 3 rings (SSSR count). The monoisotopic (exact) mass is 366 g/mol. The zero-order chi connectivity index (χ0) is 18.0. The van der Waals surface area contributed by atoms with Crippen molar-refractivity contribution in [1.29, 1.82) is 0 Å². The van der Waals surface area contributed by atoms with E-state index in [0.29, 0.717) is 0 Å². The lowest BCUT2D eigenvalue weighted by atomic mass is 9.99. The number of sulfonamides is 1. The van der Waals surface area contributed by atoms with Gasteiger partial charge in [-0.3, -0.25) is 4.90 Å². The van der Waals surface area contributed by atoms with Gasteiger partial charge in [0.15, 0.2) is 4.90 Å². The van der Waals surface area contributed by atoms with Crippen LogP contribution in [0, 0.1) is 11.6 Å². The van der Waals surface area contributed by atoms with Crippen LogP contribution in [0.1, 0.15) is 18.1 Å². The molecule has 0 saturated heterocycles. The zero-order valence-electron chi connectivity index (χ0n) is 13.9. The molecule has 1 aliphatic heterocycles. The quantitative estimate of drug-likeness (QED) is 0.885. The van der Waals surface area contributed by atoms with E-state index in [9.17, 15) is 17.2 Å². The van der Waals surface area contributed by atoms with Crippen molar-refractivity contribution in [2.75, 3.05) is 13.1 Å². The second-order valence-corrected chi connectivity index (χ2v) is 7.94. The van der Waals surface area contributed by atoms with Gasteiger partial charge in [0.25, 0.3) is 0 Å². The molecule has 0 amide bonds. The third-order valence-electron chi connectivity index (χ3n) is 4.54. The lowest BCUT2D eigenvalue weighted by molar-refractivity contribution is 0.192. The third kappa shape index (κ3) is 3.89. The molecule has 0 radical (unpaired) electrons. The van der Waals surface area contributed by atoms with Crippen LogP contribution in [0.2, 0.25) is 0 Å². The second-order valence-electron chi connectivity index (χ2n) is 6.24. The van der Waals surface area contributed by atoms with Gasteiger partial charge in [-0.05, 0) is 36.6 Å². The molecule has 1 aliphatic rings. The van der Waals surface area contributed by atoms with Crippen LogP contribution >= 0.6 is 0 Å². The Morgan fingerprint density at radius 1 is 1.08 bits per heavy atom. The molecule has 0 aromatic heterocycles. The van der Waals surface area contributed by atoms with Crippen LogP contribution in [-0.4, -0.2) is 32.4 Å². The van der Waals surface area contributed by atoms with Crippen molar-refractivity contribution in [3.05, 3.63) is 65.2 Å². The highest BCUT2D eigenvalue weighted by atomic mass is 32.2. The van der Waals surface area contributed by atoms with Gasteiger partial charge in [-0.25, -0.2) is 21.9 Å². The van der Waals surface area contributed by atoms with E-state index >= 15 is 0 Å². The summed E-state index contributed by atoms with van der Waals surface area (Å²) in [5.74, 6) is -2.18. The summed E-state index contributed by atoms with van der Waals surface area (Å²) in [6, 6.07) is 11.1. The van der Waals surface area contributed by atoms with Crippen LogP contribution in [0.4, 0.5) is 8.78 Å². The maximum absolute atomic E-state index is 13.7. The van der Waals surface area contributed by atoms with Gasteiger partial charge in [0.1, 0.15) is 11.6 Å². The summed E-state index contributed by atoms with van der Waals surface area (Å²) in [7, 11) is -4.24. The van der Waals surface area contributed by atoms with Gasteiger partial charge in [0.2, 0.25) is 10.0 Å². The molecule has 0 unspecified atom stereocenters. The first-order chi connectivity index (χ1) is 11.9. The highest BCUT2D eigenvalue weighted by Gasteiger charge is 2.26. The van der Waals surface area contributed by atoms with E-state index < -0.39 is 26.6 Å². The smallest absolute Gasteiger partial charge is 0.246 e. The molecule has 25 heavy (non-hydrogen) atoms. The molecule has 2 aromatic carbocycles. The third-order valence-corrected chi connectivity index (χ3v) is 6.01. The van der Waals surface area contributed by atoms with E-state index in [0.717, 1.165) is 37.7 Å². The van der Waals surface area contributed by atoms with Crippen molar-refractivity contribution in [2.24, 2.45) is 0 Å². The normalized spacial score (nSPS) is 16.4. The predicted octanol–water partition coefficient (Wildman–Crippen LogP) is 2.69. The maximum atomic E-state index is 13.7. The molecule has 1 N–H and O–H groups in total. The fourth-order valence-electron chi connectivity index (χ4n) is 3.06. The molecule has 2 aromatic rings. The Kier molecular flexibility index (Phi) is 5.17. The molecule has 0 aliphatic carbocycles. The van der Waals surface area contributed by atoms with Crippen LogP contribution in [0.5, 0.6) is 0 Å². The van der Waals surface area contributed by atoms with Crippen molar-refractivity contribution in [3.8, 4) is 0 Å². The number of rotatable bonds is 5. The summed E-state index contributed by atoms with van der Waals surface area (Å²) >= 11 is 0. The predicted molar refractivity (Wildman–Crippen MR) is 91.6 cm³/mol. The van der Waals surface area contributed by atoms with Crippen molar-refractivity contribution >= 4 is 10.0 Å². The summed E-state index contributed by atoms with van der Waals surface area (Å²) < 4.78 is 54.3. The molecule has 0 fully saturated rings. The molecule has 0 spiro atoms. The summed E-state index contributed by atoms with van der Waals surface area (Å²) in [6.07, 6.45) is 0.898. The Morgan fingerprint density at radius 2 is 1.72 bits per heavy atom. The number of benzene rings is 2. The Balaban J connectivity index is 1.67.